The molecule has 0 aliphatic carbocycles. The molecule has 1 amide bonds. The number of carbonyl (C=O) groups is 2. The van der Waals surface area contributed by atoms with Gasteiger partial charge in [-0.3, -0.25) is 9.47 Å². The molecule has 208 valence electrons. The lowest BCUT2D eigenvalue weighted by Gasteiger charge is -2.31. The van der Waals surface area contributed by atoms with E-state index in [9.17, 15) is 32.3 Å². The molecule has 2 aromatic heterocycles. The molecule has 0 spiro atoms. The molecule has 1 aliphatic heterocycles. The van der Waals surface area contributed by atoms with E-state index < -0.39 is 35.5 Å². The highest BCUT2D eigenvalue weighted by Gasteiger charge is 2.34. The minimum Gasteiger partial charge on any atom is -0.550 e. The van der Waals surface area contributed by atoms with Crippen LogP contribution in [0.4, 0.5) is 28.0 Å². The first-order chi connectivity index (χ1) is 19.1. The Morgan fingerprint density at radius 1 is 1.05 bits per heavy atom. The van der Waals surface area contributed by atoms with Crippen molar-refractivity contribution in [1.82, 2.24) is 19.4 Å². The van der Waals surface area contributed by atoms with Crippen LogP contribution in [0.25, 0.3) is 10.9 Å². The fourth-order valence-corrected chi connectivity index (χ4v) is 4.56. The molecule has 0 saturated carbocycles. The second kappa shape index (κ2) is 10.9. The summed E-state index contributed by atoms with van der Waals surface area (Å²) in [5.74, 6) is -2.15. The Labute approximate surface area is 225 Å². The molecular weight excluding hydrogens is 534 g/mol. The van der Waals surface area contributed by atoms with Gasteiger partial charge in [0, 0.05) is 41.8 Å². The lowest BCUT2D eigenvalue weighted by atomic mass is 9.97. The van der Waals surface area contributed by atoms with Crippen LogP contribution in [-0.2, 0) is 17.5 Å². The number of ether oxygens (including phenoxy) is 1. The van der Waals surface area contributed by atoms with Crippen LogP contribution < -0.4 is 15.2 Å². The monoisotopic (exact) mass is 556 g/mol. The molecule has 0 unspecified atom stereocenters. The fourth-order valence-electron chi connectivity index (χ4n) is 4.56. The zero-order chi connectivity index (χ0) is 28.4. The maximum atomic E-state index is 13.6. The van der Waals surface area contributed by atoms with Gasteiger partial charge in [-0.15, -0.1) is 0 Å². The first kappa shape index (κ1) is 27.1. The lowest BCUT2D eigenvalue weighted by Crippen LogP contribution is -2.41. The van der Waals surface area contributed by atoms with Gasteiger partial charge in [-0.2, -0.15) is 13.2 Å². The van der Waals surface area contributed by atoms with Gasteiger partial charge >= 0.3 is 12.2 Å². The van der Waals surface area contributed by atoms with E-state index in [1.54, 1.807) is 30.3 Å². The molecule has 40 heavy (non-hydrogen) atoms. The van der Waals surface area contributed by atoms with Gasteiger partial charge in [0.15, 0.2) is 0 Å². The van der Waals surface area contributed by atoms with E-state index in [1.807, 2.05) is 0 Å². The number of aliphatic carboxylic acids is 1. The smallest absolute Gasteiger partial charge is 0.419 e. The normalized spacial score (nSPS) is 14.8. The van der Waals surface area contributed by atoms with Crippen LogP contribution in [-0.4, -0.2) is 44.5 Å². The Kier molecular flexibility index (Phi) is 7.39. The van der Waals surface area contributed by atoms with Crippen LogP contribution in [0.5, 0.6) is 11.6 Å². The summed E-state index contributed by atoms with van der Waals surface area (Å²) in [6, 6.07) is 9.71. The predicted octanol–water partition coefficient (Wildman–Crippen LogP) is 4.42. The van der Waals surface area contributed by atoms with Crippen molar-refractivity contribution >= 4 is 28.6 Å². The average molecular weight is 556 g/mol. The molecule has 9 nitrogen and oxygen atoms in total. The SMILES string of the molecule is O=C([O-])C1CCN(Cc2cc(Oc3ccc4c(ccn4C(=O)Nc4ccc(F)c(C(F)(F)F)c4)c3)ncn2)CC1. The summed E-state index contributed by atoms with van der Waals surface area (Å²) < 4.78 is 59.7. The van der Waals surface area contributed by atoms with Gasteiger partial charge in [0.2, 0.25) is 5.88 Å². The maximum absolute atomic E-state index is 13.6. The highest BCUT2D eigenvalue weighted by molar-refractivity contribution is 5.98. The molecule has 1 aliphatic rings. The summed E-state index contributed by atoms with van der Waals surface area (Å²) >= 11 is 0. The molecule has 0 atom stereocenters. The van der Waals surface area contributed by atoms with Gasteiger partial charge in [-0.1, -0.05) is 0 Å². The number of fused-ring (bicyclic) bond motifs is 1. The fraction of sp³-hybridized carbons (Fsp3) is 0.259. The number of hydrogen-bond acceptors (Lipinski definition) is 7. The number of anilines is 1. The van der Waals surface area contributed by atoms with Crippen molar-refractivity contribution in [1.29, 1.82) is 0 Å². The number of halogens is 4. The molecule has 4 aromatic rings. The zero-order valence-electron chi connectivity index (χ0n) is 20.8. The summed E-state index contributed by atoms with van der Waals surface area (Å²) in [6.45, 7) is 1.74. The summed E-state index contributed by atoms with van der Waals surface area (Å²) in [5.41, 5.74) is -0.511. The number of benzene rings is 2. The molecule has 5 rings (SSSR count). The number of aromatic nitrogens is 3. The number of carbonyl (C=O) groups excluding carboxylic acids is 2. The maximum Gasteiger partial charge on any atom is 0.419 e. The second-order valence-electron chi connectivity index (χ2n) is 9.35. The number of piperidine rings is 1. The summed E-state index contributed by atoms with van der Waals surface area (Å²) in [7, 11) is 0. The first-order valence-corrected chi connectivity index (χ1v) is 12.3. The molecule has 0 radical (unpaired) electrons. The molecule has 2 aromatic carbocycles. The number of nitrogens with zero attached hydrogens (tertiary/aromatic N) is 4. The highest BCUT2D eigenvalue weighted by Crippen LogP contribution is 2.33. The Morgan fingerprint density at radius 3 is 2.55 bits per heavy atom. The van der Waals surface area contributed by atoms with Gasteiger partial charge < -0.3 is 20.0 Å². The van der Waals surface area contributed by atoms with Gasteiger partial charge in [-0.05, 0) is 68.4 Å². The molecule has 1 N–H and O–H groups in total. The topological polar surface area (TPSA) is 112 Å². The molecular formula is C27H22F4N5O4-. The van der Waals surface area contributed by atoms with Crippen LogP contribution >= 0.6 is 0 Å². The van der Waals surface area contributed by atoms with E-state index in [-0.39, 0.29) is 5.69 Å². The van der Waals surface area contributed by atoms with E-state index in [0.29, 0.717) is 72.8 Å². The number of alkyl halides is 3. The number of rotatable bonds is 6. The minimum absolute atomic E-state index is 0.205. The summed E-state index contributed by atoms with van der Waals surface area (Å²) in [5, 5.41) is 14.0. The van der Waals surface area contributed by atoms with E-state index >= 15 is 0 Å². The Balaban J connectivity index is 1.25. The van der Waals surface area contributed by atoms with Crippen molar-refractivity contribution in [2.75, 3.05) is 18.4 Å². The summed E-state index contributed by atoms with van der Waals surface area (Å²) in [6.07, 6.45) is -1.04. The predicted molar refractivity (Wildman–Crippen MR) is 133 cm³/mol. The van der Waals surface area contributed by atoms with Crippen LogP contribution in [0.2, 0.25) is 0 Å². The van der Waals surface area contributed by atoms with Crippen molar-refractivity contribution in [2.24, 2.45) is 5.92 Å². The Hall–Kier alpha value is -4.52. The molecule has 13 heteroatoms. The minimum atomic E-state index is -4.90. The van der Waals surface area contributed by atoms with Crippen molar-refractivity contribution in [3.63, 3.8) is 0 Å². The number of carboxylic acid groups (broad SMARTS) is 1. The third-order valence-electron chi connectivity index (χ3n) is 6.63. The Bertz CT molecular complexity index is 1560. The highest BCUT2D eigenvalue weighted by atomic mass is 19.4. The number of hydrogen-bond donors (Lipinski definition) is 1. The first-order valence-electron chi connectivity index (χ1n) is 12.3. The van der Waals surface area contributed by atoms with Crippen molar-refractivity contribution in [2.45, 2.75) is 25.6 Å². The number of carboxylic acids is 1. The van der Waals surface area contributed by atoms with Gasteiger partial charge in [0.05, 0.1) is 16.8 Å². The number of nitrogens with one attached hydrogen (secondary N) is 1. The van der Waals surface area contributed by atoms with Crippen LogP contribution in [0.1, 0.15) is 24.1 Å². The van der Waals surface area contributed by atoms with Crippen LogP contribution in [0.15, 0.2) is 61.1 Å². The number of likely N-dealkylation sites (tertiary alicyclic amines) is 1. The Morgan fingerprint density at radius 2 is 1.82 bits per heavy atom. The number of amides is 1. The average Bonchev–Trinajstić information content (AvgIpc) is 3.33. The van der Waals surface area contributed by atoms with Gasteiger partial charge in [0.25, 0.3) is 0 Å². The standard InChI is InChI=1S/C27H23F4N5O4/c28-22-3-1-18(12-21(22)27(29,30)31)34-26(39)36-10-7-17-11-20(2-4-23(17)36)40-24-13-19(32-15-33-24)14-35-8-5-16(6-9-35)25(37)38/h1-4,7,10-13,15-16H,5-6,8-9,14H2,(H,34,39)(H,37,38)/p-1. The molecule has 0 bridgehead atoms. The lowest BCUT2D eigenvalue weighted by molar-refractivity contribution is -0.312. The molecule has 1 fully saturated rings. The zero-order valence-corrected chi connectivity index (χ0v) is 20.8. The van der Waals surface area contributed by atoms with E-state index in [1.165, 1.54) is 17.1 Å². The summed E-state index contributed by atoms with van der Waals surface area (Å²) in [4.78, 5) is 34.3. The molecule has 1 saturated heterocycles. The second-order valence-corrected chi connectivity index (χ2v) is 9.35. The van der Waals surface area contributed by atoms with Gasteiger partial charge in [0.1, 0.15) is 17.9 Å². The van der Waals surface area contributed by atoms with E-state index in [4.69, 9.17) is 4.74 Å². The van der Waals surface area contributed by atoms with Crippen molar-refractivity contribution in [3.8, 4) is 11.6 Å². The third-order valence-corrected chi connectivity index (χ3v) is 6.63. The molecule has 3 heterocycles. The van der Waals surface area contributed by atoms with E-state index in [0.717, 1.165) is 6.07 Å². The quantitative estimate of drug-likeness (QED) is 0.350. The van der Waals surface area contributed by atoms with Crippen LogP contribution in [0.3, 0.4) is 0 Å². The van der Waals surface area contributed by atoms with Crippen molar-refractivity contribution in [3.05, 3.63) is 78.1 Å². The third kappa shape index (κ3) is 6.04. The van der Waals surface area contributed by atoms with Gasteiger partial charge in [-0.25, -0.2) is 19.2 Å². The van der Waals surface area contributed by atoms with Crippen LogP contribution in [0, 0.1) is 11.7 Å². The largest absolute Gasteiger partial charge is 0.550 e. The van der Waals surface area contributed by atoms with E-state index in [2.05, 4.69) is 20.2 Å². The van der Waals surface area contributed by atoms with Crippen molar-refractivity contribution < 1.29 is 37.0 Å².